The molecule has 2 unspecified atom stereocenters. The maximum atomic E-state index is 12.1. The molecule has 0 aliphatic heterocycles. The summed E-state index contributed by atoms with van der Waals surface area (Å²) in [7, 11) is 0. The Bertz CT molecular complexity index is 672. The van der Waals surface area contributed by atoms with Crippen molar-refractivity contribution < 1.29 is 4.79 Å². The van der Waals surface area contributed by atoms with Crippen LogP contribution in [0.15, 0.2) is 23.4 Å². The summed E-state index contributed by atoms with van der Waals surface area (Å²) in [4.78, 5) is 19.8. The Kier molecular flexibility index (Phi) is 4.93. The van der Waals surface area contributed by atoms with Crippen LogP contribution in [0.1, 0.15) is 32.6 Å². The number of imidazole rings is 1. The number of hydrogen-bond donors (Lipinski definition) is 2. The van der Waals surface area contributed by atoms with Crippen molar-refractivity contribution in [3.8, 4) is 0 Å². The zero-order chi connectivity index (χ0) is 15.5. The highest BCUT2D eigenvalue weighted by Crippen LogP contribution is 2.25. The predicted octanol–water partition coefficient (Wildman–Crippen LogP) is 4.00. The fourth-order valence-corrected chi connectivity index (χ4v) is 3.81. The van der Waals surface area contributed by atoms with E-state index in [0.717, 1.165) is 22.6 Å². The third-order valence-corrected chi connectivity index (χ3v) is 5.33. The number of halogens is 1. The van der Waals surface area contributed by atoms with E-state index in [2.05, 4.69) is 22.2 Å². The summed E-state index contributed by atoms with van der Waals surface area (Å²) in [6.07, 6.45) is 4.81. The van der Waals surface area contributed by atoms with Crippen LogP contribution in [0.3, 0.4) is 0 Å². The quantitative estimate of drug-likeness (QED) is 0.829. The maximum absolute atomic E-state index is 12.1. The third-order valence-electron chi connectivity index (χ3n) is 4.22. The van der Waals surface area contributed by atoms with E-state index in [1.807, 2.05) is 18.2 Å². The van der Waals surface area contributed by atoms with E-state index >= 15 is 0 Å². The highest BCUT2D eigenvalue weighted by molar-refractivity contribution is 7.99. The molecule has 1 fully saturated rings. The molecule has 1 aromatic heterocycles. The molecule has 118 valence electrons. The molecule has 1 amide bonds. The summed E-state index contributed by atoms with van der Waals surface area (Å²) >= 11 is 7.39. The fourth-order valence-electron chi connectivity index (χ4n) is 2.94. The lowest BCUT2D eigenvalue weighted by atomic mass is 9.86. The van der Waals surface area contributed by atoms with E-state index in [0.29, 0.717) is 22.7 Å². The molecule has 6 heteroatoms. The highest BCUT2D eigenvalue weighted by Gasteiger charge is 2.22. The van der Waals surface area contributed by atoms with Crippen molar-refractivity contribution >= 4 is 40.3 Å². The Balaban J connectivity index is 1.55. The normalized spacial score (nSPS) is 21.9. The van der Waals surface area contributed by atoms with Gasteiger partial charge < -0.3 is 10.3 Å². The van der Waals surface area contributed by atoms with Crippen molar-refractivity contribution in [3.05, 3.63) is 23.2 Å². The molecule has 1 aliphatic rings. The average Bonchev–Trinajstić information content (AvgIpc) is 2.89. The number of fused-ring (bicyclic) bond motifs is 1. The number of carbonyl (C=O) groups excluding carboxylic acids is 1. The molecule has 0 radical (unpaired) electrons. The molecule has 22 heavy (non-hydrogen) atoms. The summed E-state index contributed by atoms with van der Waals surface area (Å²) < 4.78 is 0. The lowest BCUT2D eigenvalue weighted by molar-refractivity contribution is -0.119. The fraction of sp³-hybridized carbons (Fsp3) is 0.500. The van der Waals surface area contributed by atoms with Gasteiger partial charge in [-0.1, -0.05) is 43.1 Å². The maximum Gasteiger partial charge on any atom is 0.230 e. The molecule has 0 bridgehead atoms. The average molecular weight is 338 g/mol. The molecular weight excluding hydrogens is 318 g/mol. The predicted molar refractivity (Wildman–Crippen MR) is 91.4 cm³/mol. The van der Waals surface area contributed by atoms with Crippen LogP contribution in [0.4, 0.5) is 0 Å². The molecule has 0 saturated heterocycles. The summed E-state index contributed by atoms with van der Waals surface area (Å²) in [5.41, 5.74) is 1.77. The van der Waals surface area contributed by atoms with Gasteiger partial charge in [-0.05, 0) is 37.0 Å². The van der Waals surface area contributed by atoms with Crippen LogP contribution in [0, 0.1) is 5.92 Å². The number of hydrogen-bond acceptors (Lipinski definition) is 3. The molecular formula is C16H20ClN3OS. The number of H-pyrrole nitrogens is 1. The van der Waals surface area contributed by atoms with Gasteiger partial charge in [0.1, 0.15) is 0 Å². The Morgan fingerprint density at radius 2 is 2.27 bits per heavy atom. The Hall–Kier alpha value is -1.20. The Morgan fingerprint density at radius 3 is 3.09 bits per heavy atom. The van der Waals surface area contributed by atoms with Gasteiger partial charge in [0.25, 0.3) is 0 Å². The Morgan fingerprint density at radius 1 is 1.45 bits per heavy atom. The zero-order valence-corrected chi connectivity index (χ0v) is 14.1. The van der Waals surface area contributed by atoms with Gasteiger partial charge in [0, 0.05) is 11.1 Å². The second-order valence-corrected chi connectivity index (χ2v) is 7.33. The van der Waals surface area contributed by atoms with Crippen molar-refractivity contribution in [1.82, 2.24) is 15.3 Å². The number of benzene rings is 1. The van der Waals surface area contributed by atoms with Crippen LogP contribution in [-0.4, -0.2) is 27.7 Å². The van der Waals surface area contributed by atoms with E-state index in [4.69, 9.17) is 11.6 Å². The molecule has 4 nitrogen and oxygen atoms in total. The monoisotopic (exact) mass is 337 g/mol. The van der Waals surface area contributed by atoms with E-state index < -0.39 is 0 Å². The van der Waals surface area contributed by atoms with Crippen molar-refractivity contribution in [1.29, 1.82) is 0 Å². The Labute approximate surface area is 139 Å². The van der Waals surface area contributed by atoms with Crippen LogP contribution in [0.5, 0.6) is 0 Å². The largest absolute Gasteiger partial charge is 0.352 e. The summed E-state index contributed by atoms with van der Waals surface area (Å²) in [5, 5.41) is 4.59. The van der Waals surface area contributed by atoms with Gasteiger partial charge in [0.05, 0.1) is 16.8 Å². The van der Waals surface area contributed by atoms with Gasteiger partial charge in [-0.2, -0.15) is 0 Å². The number of rotatable bonds is 4. The number of amides is 1. The second kappa shape index (κ2) is 6.92. The first-order chi connectivity index (χ1) is 10.6. The summed E-state index contributed by atoms with van der Waals surface area (Å²) in [6, 6.07) is 5.87. The number of thioether (sulfide) groups is 1. The summed E-state index contributed by atoms with van der Waals surface area (Å²) in [5.74, 6) is 1.05. The lowest BCUT2D eigenvalue weighted by Crippen LogP contribution is -2.41. The van der Waals surface area contributed by atoms with Crippen LogP contribution in [-0.2, 0) is 4.79 Å². The van der Waals surface area contributed by atoms with E-state index in [1.54, 1.807) is 0 Å². The lowest BCUT2D eigenvalue weighted by Gasteiger charge is -2.29. The first kappa shape index (κ1) is 15.7. The van der Waals surface area contributed by atoms with Crippen LogP contribution < -0.4 is 5.32 Å². The number of aromatic amines is 1. The minimum atomic E-state index is 0.0854. The van der Waals surface area contributed by atoms with Crippen molar-refractivity contribution in [2.75, 3.05) is 5.75 Å². The molecule has 2 aromatic rings. The van der Waals surface area contributed by atoms with Gasteiger partial charge >= 0.3 is 0 Å². The standard InChI is InChI=1S/C16H20ClN3OS/c1-10-4-2-3-5-12(10)18-15(21)9-22-16-19-13-7-6-11(17)8-14(13)20-16/h6-8,10,12H,2-5,9H2,1H3,(H,18,21)(H,19,20). The van der Waals surface area contributed by atoms with Crippen LogP contribution in [0.25, 0.3) is 11.0 Å². The smallest absolute Gasteiger partial charge is 0.230 e. The first-order valence-corrected chi connectivity index (χ1v) is 9.05. The van der Waals surface area contributed by atoms with Crippen LogP contribution >= 0.6 is 23.4 Å². The zero-order valence-electron chi connectivity index (χ0n) is 12.6. The van der Waals surface area contributed by atoms with E-state index in [9.17, 15) is 4.79 Å². The number of aromatic nitrogens is 2. The van der Waals surface area contributed by atoms with Gasteiger partial charge in [0.2, 0.25) is 5.91 Å². The first-order valence-electron chi connectivity index (χ1n) is 7.69. The summed E-state index contributed by atoms with van der Waals surface area (Å²) in [6.45, 7) is 2.22. The molecule has 1 saturated carbocycles. The van der Waals surface area contributed by atoms with Gasteiger partial charge in [-0.3, -0.25) is 4.79 Å². The number of nitrogens with one attached hydrogen (secondary N) is 2. The topological polar surface area (TPSA) is 57.8 Å². The second-order valence-electron chi connectivity index (χ2n) is 5.93. The van der Waals surface area contributed by atoms with Gasteiger partial charge in [0.15, 0.2) is 5.16 Å². The number of nitrogens with zero attached hydrogens (tertiary/aromatic N) is 1. The minimum absolute atomic E-state index is 0.0854. The van der Waals surface area contributed by atoms with Crippen molar-refractivity contribution in [3.63, 3.8) is 0 Å². The highest BCUT2D eigenvalue weighted by atomic mass is 35.5. The minimum Gasteiger partial charge on any atom is -0.352 e. The molecule has 0 spiro atoms. The molecule has 1 aliphatic carbocycles. The molecule has 2 N–H and O–H groups in total. The third kappa shape index (κ3) is 3.76. The van der Waals surface area contributed by atoms with Crippen molar-refractivity contribution in [2.45, 2.75) is 43.8 Å². The molecule has 1 aromatic carbocycles. The van der Waals surface area contributed by atoms with Gasteiger partial charge in [-0.15, -0.1) is 0 Å². The SMILES string of the molecule is CC1CCCCC1NC(=O)CSc1nc2ccc(Cl)cc2[nH]1. The molecule has 2 atom stereocenters. The van der Waals surface area contributed by atoms with E-state index in [-0.39, 0.29) is 5.91 Å². The van der Waals surface area contributed by atoms with Crippen molar-refractivity contribution in [2.24, 2.45) is 5.92 Å². The molecule has 3 rings (SSSR count). The van der Waals surface area contributed by atoms with Crippen LogP contribution in [0.2, 0.25) is 5.02 Å². The van der Waals surface area contributed by atoms with E-state index in [1.165, 1.54) is 31.0 Å². The van der Waals surface area contributed by atoms with Gasteiger partial charge in [-0.25, -0.2) is 4.98 Å². The number of carbonyl (C=O) groups is 1. The molecule has 1 heterocycles.